The van der Waals surface area contributed by atoms with Crippen LogP contribution in [0.5, 0.6) is 5.75 Å². The molecule has 10 heteroatoms. The molecule has 3 rings (SSSR count). The Morgan fingerprint density at radius 2 is 1.90 bits per heavy atom. The van der Waals surface area contributed by atoms with Crippen LogP contribution in [0, 0.1) is 13.8 Å². The molecule has 0 aliphatic heterocycles. The summed E-state index contributed by atoms with van der Waals surface area (Å²) in [5.41, 5.74) is 2.11. The maximum Gasteiger partial charge on any atom is 0.263 e. The van der Waals surface area contributed by atoms with Gasteiger partial charge in [0.05, 0.1) is 21.3 Å². The number of aromatic nitrogens is 1. The summed E-state index contributed by atoms with van der Waals surface area (Å²) >= 11 is 7.41. The standard InChI is InChI=1S/C19H18ClN3O4S2/c1-10-4-6-14(9-16(10)25)23-29(26,27)17-8-13(5-7-15(17)20)18-11(2)21-19(28-18)22-12(3)24/h4-9,23,25H,1-3H3,(H,21,22,24). The SMILES string of the molecule is CC(=O)Nc1nc(C)c(-c2ccc(Cl)c(S(=O)(=O)Nc3ccc(C)c(O)c3)c2)s1. The van der Waals surface area contributed by atoms with Gasteiger partial charge in [0.25, 0.3) is 10.0 Å². The molecule has 0 saturated heterocycles. The highest BCUT2D eigenvalue weighted by molar-refractivity contribution is 7.92. The quantitative estimate of drug-likeness (QED) is 0.527. The first-order valence-electron chi connectivity index (χ1n) is 8.44. The van der Waals surface area contributed by atoms with Gasteiger partial charge < -0.3 is 10.4 Å². The van der Waals surface area contributed by atoms with Crippen LogP contribution in [0.25, 0.3) is 10.4 Å². The van der Waals surface area contributed by atoms with Gasteiger partial charge in [-0.25, -0.2) is 13.4 Å². The second-order valence-electron chi connectivity index (χ2n) is 6.37. The van der Waals surface area contributed by atoms with Crippen LogP contribution < -0.4 is 10.0 Å². The number of nitrogens with zero attached hydrogens (tertiary/aromatic N) is 1. The summed E-state index contributed by atoms with van der Waals surface area (Å²) in [5.74, 6) is -0.258. The molecule has 1 heterocycles. The summed E-state index contributed by atoms with van der Waals surface area (Å²) in [6.45, 7) is 4.87. The number of benzene rings is 2. The number of carbonyl (C=O) groups is 1. The average Bonchev–Trinajstić information content (AvgIpc) is 2.97. The zero-order chi connectivity index (χ0) is 21.3. The van der Waals surface area contributed by atoms with Crippen LogP contribution in [0.4, 0.5) is 10.8 Å². The maximum absolute atomic E-state index is 12.9. The van der Waals surface area contributed by atoms with Crippen LogP contribution in [-0.2, 0) is 14.8 Å². The van der Waals surface area contributed by atoms with Gasteiger partial charge in [0.1, 0.15) is 10.6 Å². The Hall–Kier alpha value is -2.62. The Labute approximate surface area is 177 Å². The number of sulfonamides is 1. The number of anilines is 2. The minimum absolute atomic E-state index is 0.0177. The van der Waals surface area contributed by atoms with Crippen LogP contribution in [0.3, 0.4) is 0 Å². The fourth-order valence-corrected chi connectivity index (χ4v) is 5.19. The monoisotopic (exact) mass is 451 g/mol. The van der Waals surface area contributed by atoms with E-state index >= 15 is 0 Å². The van der Waals surface area contributed by atoms with Crippen LogP contribution in [-0.4, -0.2) is 24.4 Å². The first-order chi connectivity index (χ1) is 13.6. The lowest BCUT2D eigenvalue weighted by Gasteiger charge is -2.12. The van der Waals surface area contributed by atoms with Crippen molar-refractivity contribution in [2.75, 3.05) is 10.0 Å². The van der Waals surface area contributed by atoms with E-state index in [0.717, 1.165) is 4.88 Å². The molecule has 3 N–H and O–H groups in total. The number of thiazole rings is 1. The Kier molecular flexibility index (Phi) is 5.83. The molecule has 0 bridgehead atoms. The molecule has 0 unspecified atom stereocenters. The number of aromatic hydroxyl groups is 1. The highest BCUT2D eigenvalue weighted by atomic mass is 35.5. The number of rotatable bonds is 5. The molecule has 152 valence electrons. The molecule has 0 saturated carbocycles. The van der Waals surface area contributed by atoms with Gasteiger partial charge in [-0.15, -0.1) is 0 Å². The molecular weight excluding hydrogens is 434 g/mol. The smallest absolute Gasteiger partial charge is 0.263 e. The van der Waals surface area contributed by atoms with Gasteiger partial charge in [0.15, 0.2) is 5.13 Å². The minimum Gasteiger partial charge on any atom is -0.508 e. The van der Waals surface area contributed by atoms with Gasteiger partial charge in [-0.3, -0.25) is 9.52 Å². The van der Waals surface area contributed by atoms with Crippen molar-refractivity contribution in [3.8, 4) is 16.2 Å². The number of aryl methyl sites for hydroxylation is 2. The molecule has 1 aromatic heterocycles. The van der Waals surface area contributed by atoms with E-state index in [-0.39, 0.29) is 27.3 Å². The molecule has 0 radical (unpaired) electrons. The lowest BCUT2D eigenvalue weighted by Crippen LogP contribution is -2.13. The molecule has 0 fully saturated rings. The van der Waals surface area contributed by atoms with Gasteiger partial charge in [-0.05, 0) is 43.2 Å². The predicted molar refractivity (Wildman–Crippen MR) is 115 cm³/mol. The average molecular weight is 452 g/mol. The van der Waals surface area contributed by atoms with Gasteiger partial charge in [-0.1, -0.05) is 35.1 Å². The topological polar surface area (TPSA) is 108 Å². The Balaban J connectivity index is 1.99. The lowest BCUT2D eigenvalue weighted by molar-refractivity contribution is -0.114. The largest absolute Gasteiger partial charge is 0.508 e. The lowest BCUT2D eigenvalue weighted by atomic mass is 10.2. The van der Waals surface area contributed by atoms with E-state index in [1.54, 1.807) is 32.0 Å². The second-order valence-corrected chi connectivity index (χ2v) is 9.42. The molecular formula is C19H18ClN3O4S2. The number of amides is 1. The summed E-state index contributed by atoms with van der Waals surface area (Å²) in [7, 11) is -4.01. The van der Waals surface area contributed by atoms with Crippen molar-refractivity contribution < 1.29 is 18.3 Å². The summed E-state index contributed by atoms with van der Waals surface area (Å²) < 4.78 is 28.2. The third kappa shape index (κ3) is 4.69. The fourth-order valence-electron chi connectivity index (χ4n) is 2.60. The number of hydrogen-bond donors (Lipinski definition) is 3. The predicted octanol–water partition coefficient (Wildman–Crippen LogP) is 4.55. The fraction of sp³-hybridized carbons (Fsp3) is 0.158. The summed E-state index contributed by atoms with van der Waals surface area (Å²) in [5, 5.41) is 12.9. The summed E-state index contributed by atoms with van der Waals surface area (Å²) in [4.78, 5) is 16.2. The molecule has 0 atom stereocenters. The third-order valence-corrected chi connectivity index (χ3v) is 7.01. The van der Waals surface area contributed by atoms with Crippen LogP contribution in [0.15, 0.2) is 41.3 Å². The zero-order valence-corrected chi connectivity index (χ0v) is 18.2. The van der Waals surface area contributed by atoms with Crippen molar-refractivity contribution in [1.29, 1.82) is 0 Å². The van der Waals surface area contributed by atoms with Gasteiger partial charge >= 0.3 is 0 Å². The first kappa shape index (κ1) is 21.1. The van der Waals surface area contributed by atoms with Crippen LogP contribution >= 0.6 is 22.9 Å². The first-order valence-corrected chi connectivity index (χ1v) is 11.1. The molecule has 0 aliphatic rings. The minimum atomic E-state index is -4.01. The zero-order valence-electron chi connectivity index (χ0n) is 15.8. The highest BCUT2D eigenvalue weighted by Crippen LogP contribution is 2.36. The van der Waals surface area contributed by atoms with E-state index in [1.165, 1.54) is 36.5 Å². The van der Waals surface area contributed by atoms with E-state index in [1.807, 2.05) is 0 Å². The van der Waals surface area contributed by atoms with Gasteiger partial charge in [0, 0.05) is 13.0 Å². The van der Waals surface area contributed by atoms with E-state index in [2.05, 4.69) is 15.0 Å². The number of phenolic OH excluding ortho intramolecular Hbond substituents is 1. The number of nitrogens with one attached hydrogen (secondary N) is 2. The molecule has 2 aromatic carbocycles. The highest BCUT2D eigenvalue weighted by Gasteiger charge is 2.21. The molecule has 1 amide bonds. The molecule has 0 spiro atoms. The Bertz CT molecular complexity index is 1210. The summed E-state index contributed by atoms with van der Waals surface area (Å²) in [6.07, 6.45) is 0. The van der Waals surface area contributed by atoms with Crippen LogP contribution in [0.2, 0.25) is 5.02 Å². The number of halogens is 1. The van der Waals surface area contributed by atoms with Gasteiger partial charge in [-0.2, -0.15) is 0 Å². The third-order valence-electron chi connectivity index (χ3n) is 4.02. The van der Waals surface area contributed by atoms with E-state index < -0.39 is 10.0 Å². The van der Waals surface area contributed by atoms with Gasteiger partial charge in [0.2, 0.25) is 5.91 Å². The normalized spacial score (nSPS) is 11.3. The number of hydrogen-bond acceptors (Lipinski definition) is 6. The van der Waals surface area contributed by atoms with Crippen molar-refractivity contribution >= 4 is 49.7 Å². The Morgan fingerprint density at radius 1 is 1.17 bits per heavy atom. The molecule has 3 aromatic rings. The van der Waals surface area contributed by atoms with Crippen molar-refractivity contribution in [3.63, 3.8) is 0 Å². The van der Waals surface area contributed by atoms with Crippen LogP contribution in [0.1, 0.15) is 18.2 Å². The van der Waals surface area contributed by atoms with E-state index in [9.17, 15) is 18.3 Å². The number of carbonyl (C=O) groups excluding carboxylic acids is 1. The molecule has 29 heavy (non-hydrogen) atoms. The van der Waals surface area contributed by atoms with E-state index in [4.69, 9.17) is 11.6 Å². The molecule has 0 aliphatic carbocycles. The van der Waals surface area contributed by atoms with Crippen molar-refractivity contribution in [2.45, 2.75) is 25.7 Å². The van der Waals surface area contributed by atoms with Crippen molar-refractivity contribution in [1.82, 2.24) is 4.98 Å². The molecule has 7 nitrogen and oxygen atoms in total. The second kappa shape index (κ2) is 8.02. The number of phenols is 1. The van der Waals surface area contributed by atoms with E-state index in [0.29, 0.717) is 22.0 Å². The van der Waals surface area contributed by atoms with Crippen molar-refractivity contribution in [2.24, 2.45) is 0 Å². The Morgan fingerprint density at radius 3 is 2.55 bits per heavy atom. The maximum atomic E-state index is 12.9. The van der Waals surface area contributed by atoms with Crippen molar-refractivity contribution in [3.05, 3.63) is 52.7 Å². The summed E-state index contributed by atoms with van der Waals surface area (Å²) in [6, 6.07) is 9.13.